The van der Waals surface area contributed by atoms with Gasteiger partial charge < -0.3 is 14.9 Å². The third-order valence-corrected chi connectivity index (χ3v) is 1.91. The molecule has 0 heterocycles. The van der Waals surface area contributed by atoms with E-state index >= 15 is 0 Å². The highest BCUT2D eigenvalue weighted by Gasteiger charge is 2.19. The topological polar surface area (TPSA) is 101 Å². The van der Waals surface area contributed by atoms with Gasteiger partial charge in [0, 0.05) is 0 Å². The maximum absolute atomic E-state index is 11.4. The van der Waals surface area contributed by atoms with Gasteiger partial charge >= 0.3 is 17.9 Å². The lowest BCUT2D eigenvalue weighted by Crippen LogP contribution is -2.11. The number of carbonyl (C=O) groups is 3. The maximum atomic E-state index is 11.4. The average Bonchev–Trinajstić information content (AvgIpc) is 2.28. The summed E-state index contributed by atoms with van der Waals surface area (Å²) < 4.78 is 4.42. The summed E-state index contributed by atoms with van der Waals surface area (Å²) in [4.78, 5) is 32.9. The van der Waals surface area contributed by atoms with Crippen molar-refractivity contribution in [3.05, 3.63) is 47.7 Å². The van der Waals surface area contributed by atoms with Gasteiger partial charge in [-0.05, 0) is 18.2 Å². The molecule has 6 heteroatoms. The number of benzene rings is 1. The van der Waals surface area contributed by atoms with Crippen LogP contribution >= 0.6 is 0 Å². The maximum Gasteiger partial charge on any atom is 0.343 e. The van der Waals surface area contributed by atoms with E-state index in [0.717, 1.165) is 24.5 Å². The van der Waals surface area contributed by atoms with Crippen molar-refractivity contribution in [1.82, 2.24) is 0 Å². The number of ether oxygens (including phenoxy) is 1. The first-order valence-corrected chi connectivity index (χ1v) is 4.40. The summed E-state index contributed by atoms with van der Waals surface area (Å²) in [5.41, 5.74) is -0.870. The van der Waals surface area contributed by atoms with Crippen LogP contribution in [0.5, 0.6) is 0 Å². The molecule has 6 nitrogen and oxygen atoms in total. The van der Waals surface area contributed by atoms with Gasteiger partial charge in [0.1, 0.15) is 0 Å². The molecule has 0 atom stereocenters. The highest BCUT2D eigenvalue weighted by atomic mass is 16.5. The first-order chi connectivity index (χ1) is 7.97. The van der Waals surface area contributed by atoms with E-state index in [1.807, 2.05) is 0 Å². The van der Waals surface area contributed by atoms with Gasteiger partial charge in [-0.15, -0.1) is 0 Å². The van der Waals surface area contributed by atoms with Crippen LogP contribution in [0.4, 0.5) is 0 Å². The Morgan fingerprint density at radius 1 is 1.12 bits per heavy atom. The number of aromatic carboxylic acids is 2. The lowest BCUT2D eigenvalue weighted by molar-refractivity contribution is 0.0631. The summed E-state index contributed by atoms with van der Waals surface area (Å²) in [7, 11) is 0. The Balaban J connectivity index is 3.34. The molecule has 0 spiro atoms. The molecule has 0 aromatic heterocycles. The molecule has 0 saturated heterocycles. The minimum atomic E-state index is -1.35. The van der Waals surface area contributed by atoms with Crippen molar-refractivity contribution >= 4 is 17.9 Å². The van der Waals surface area contributed by atoms with Crippen molar-refractivity contribution in [3.8, 4) is 0 Å². The molecule has 0 bridgehead atoms. The van der Waals surface area contributed by atoms with Crippen LogP contribution in [0.25, 0.3) is 0 Å². The average molecular weight is 236 g/mol. The van der Waals surface area contributed by atoms with Crippen LogP contribution in [0.2, 0.25) is 0 Å². The highest BCUT2D eigenvalue weighted by molar-refractivity contribution is 6.04. The molecule has 17 heavy (non-hydrogen) atoms. The predicted octanol–water partition coefficient (Wildman–Crippen LogP) is 1.38. The predicted molar refractivity (Wildman–Crippen MR) is 56.0 cm³/mol. The third-order valence-electron chi connectivity index (χ3n) is 1.91. The van der Waals surface area contributed by atoms with E-state index in [4.69, 9.17) is 10.2 Å². The van der Waals surface area contributed by atoms with Crippen LogP contribution in [0.1, 0.15) is 31.1 Å². The van der Waals surface area contributed by atoms with E-state index in [0.29, 0.717) is 0 Å². The van der Waals surface area contributed by atoms with E-state index in [1.54, 1.807) is 0 Å². The SMILES string of the molecule is C=COC(=O)c1cc(C(=O)O)ccc1C(=O)O. The van der Waals surface area contributed by atoms with Gasteiger partial charge in [0.2, 0.25) is 0 Å². The van der Waals surface area contributed by atoms with E-state index < -0.39 is 17.9 Å². The summed E-state index contributed by atoms with van der Waals surface area (Å²) in [6.45, 7) is 3.15. The minimum absolute atomic E-state index is 0.203. The van der Waals surface area contributed by atoms with E-state index in [2.05, 4.69) is 11.3 Å². The number of rotatable bonds is 4. The smallest absolute Gasteiger partial charge is 0.343 e. The van der Waals surface area contributed by atoms with Gasteiger partial charge in [0.25, 0.3) is 0 Å². The monoisotopic (exact) mass is 236 g/mol. The minimum Gasteiger partial charge on any atom is -0.478 e. The van der Waals surface area contributed by atoms with Crippen LogP contribution in [0, 0.1) is 0 Å². The molecule has 0 aliphatic carbocycles. The van der Waals surface area contributed by atoms with Gasteiger partial charge in [-0.2, -0.15) is 0 Å². The van der Waals surface area contributed by atoms with Crippen LogP contribution in [-0.2, 0) is 4.74 Å². The molecule has 0 unspecified atom stereocenters. The van der Waals surface area contributed by atoms with Crippen molar-refractivity contribution in [3.63, 3.8) is 0 Å². The number of carbonyl (C=O) groups excluding carboxylic acids is 1. The van der Waals surface area contributed by atoms with Crippen LogP contribution in [0.15, 0.2) is 31.0 Å². The van der Waals surface area contributed by atoms with Crippen molar-refractivity contribution in [2.24, 2.45) is 0 Å². The summed E-state index contributed by atoms with van der Waals surface area (Å²) in [5, 5.41) is 17.6. The Bertz CT molecular complexity index is 503. The highest BCUT2D eigenvalue weighted by Crippen LogP contribution is 2.14. The normalized spacial score (nSPS) is 9.41. The molecule has 0 aliphatic heterocycles. The Morgan fingerprint density at radius 3 is 2.24 bits per heavy atom. The second kappa shape index (κ2) is 4.93. The Morgan fingerprint density at radius 2 is 1.76 bits per heavy atom. The van der Waals surface area contributed by atoms with Crippen LogP contribution in [0.3, 0.4) is 0 Å². The zero-order chi connectivity index (χ0) is 13.0. The number of hydrogen-bond acceptors (Lipinski definition) is 4. The standard InChI is InChI=1S/C11H8O6/c1-2-17-11(16)8-5-6(9(12)13)3-4-7(8)10(14)15/h2-5H,1H2,(H,12,13)(H,14,15). The molecule has 0 saturated carbocycles. The van der Waals surface area contributed by atoms with Gasteiger partial charge in [-0.1, -0.05) is 6.58 Å². The lowest BCUT2D eigenvalue weighted by Gasteiger charge is -2.05. The van der Waals surface area contributed by atoms with Crippen LogP contribution < -0.4 is 0 Å². The van der Waals surface area contributed by atoms with Crippen molar-refractivity contribution < 1.29 is 29.3 Å². The van der Waals surface area contributed by atoms with Gasteiger partial charge in [0.15, 0.2) is 0 Å². The summed E-state index contributed by atoms with van der Waals surface area (Å²) >= 11 is 0. The van der Waals surface area contributed by atoms with Gasteiger partial charge in [0.05, 0.1) is 23.0 Å². The molecule has 0 amide bonds. The van der Waals surface area contributed by atoms with Crippen molar-refractivity contribution in [2.75, 3.05) is 0 Å². The molecule has 1 aromatic rings. The first kappa shape index (κ1) is 12.4. The van der Waals surface area contributed by atoms with Crippen molar-refractivity contribution in [2.45, 2.75) is 0 Å². The molecule has 2 N–H and O–H groups in total. The molecule has 88 valence electrons. The summed E-state index contributed by atoms with van der Waals surface area (Å²) in [6.07, 6.45) is 0.835. The number of carboxylic acids is 2. The van der Waals surface area contributed by atoms with Crippen LogP contribution in [-0.4, -0.2) is 28.1 Å². The number of esters is 1. The summed E-state index contributed by atoms with van der Waals surface area (Å²) in [6, 6.07) is 3.07. The molecular weight excluding hydrogens is 228 g/mol. The second-order valence-corrected chi connectivity index (χ2v) is 2.94. The summed E-state index contributed by atoms with van der Waals surface area (Å²) in [5.74, 6) is -3.59. The van der Waals surface area contributed by atoms with Gasteiger partial charge in [-0.25, -0.2) is 14.4 Å². The van der Waals surface area contributed by atoms with E-state index in [1.165, 1.54) is 0 Å². The largest absolute Gasteiger partial charge is 0.478 e. The van der Waals surface area contributed by atoms with E-state index in [-0.39, 0.29) is 16.7 Å². The molecule has 0 fully saturated rings. The first-order valence-electron chi connectivity index (χ1n) is 4.40. The molecule has 0 aliphatic rings. The fourth-order valence-electron chi connectivity index (χ4n) is 1.17. The quantitative estimate of drug-likeness (QED) is 0.605. The number of hydrogen-bond donors (Lipinski definition) is 2. The number of carboxylic acid groups (broad SMARTS) is 2. The van der Waals surface area contributed by atoms with Crippen molar-refractivity contribution in [1.29, 1.82) is 0 Å². The molecular formula is C11H8O6. The molecule has 1 rings (SSSR count). The fraction of sp³-hybridized carbons (Fsp3) is 0. The zero-order valence-electron chi connectivity index (χ0n) is 8.54. The molecule has 1 aromatic carbocycles. The lowest BCUT2D eigenvalue weighted by atomic mass is 10.0. The Labute approximate surface area is 95.8 Å². The molecule has 0 radical (unpaired) electrons. The Kier molecular flexibility index (Phi) is 3.61. The fourth-order valence-corrected chi connectivity index (χ4v) is 1.17. The van der Waals surface area contributed by atoms with Gasteiger partial charge in [-0.3, -0.25) is 0 Å². The second-order valence-electron chi connectivity index (χ2n) is 2.94. The Hall–Kier alpha value is -2.63. The third kappa shape index (κ3) is 2.69. The van der Waals surface area contributed by atoms with E-state index in [9.17, 15) is 14.4 Å². The zero-order valence-corrected chi connectivity index (χ0v) is 8.54.